The first kappa shape index (κ1) is 17.7. The molecular formula is C18H24N2O2S. The summed E-state index contributed by atoms with van der Waals surface area (Å²) in [5, 5.41) is 15.0. The Hall–Kier alpha value is -1.69. The second-order valence-electron chi connectivity index (χ2n) is 6.22. The van der Waals surface area contributed by atoms with Gasteiger partial charge in [-0.1, -0.05) is 30.3 Å². The van der Waals surface area contributed by atoms with Crippen molar-refractivity contribution in [3.63, 3.8) is 0 Å². The van der Waals surface area contributed by atoms with Crippen molar-refractivity contribution in [1.29, 1.82) is 0 Å². The second kappa shape index (κ2) is 7.73. The third-order valence-corrected chi connectivity index (χ3v) is 4.66. The highest BCUT2D eigenvalue weighted by atomic mass is 32.1. The van der Waals surface area contributed by atoms with Crippen LogP contribution in [0.3, 0.4) is 0 Å². The van der Waals surface area contributed by atoms with Crippen molar-refractivity contribution >= 4 is 17.2 Å². The Balaban J connectivity index is 1.81. The minimum Gasteiger partial charge on any atom is -0.388 e. The molecule has 0 spiro atoms. The van der Waals surface area contributed by atoms with E-state index in [1.54, 1.807) is 25.2 Å². The first-order valence-electron chi connectivity index (χ1n) is 7.76. The fraction of sp³-hybridized carbons (Fsp3) is 0.389. The molecule has 0 bridgehead atoms. The zero-order valence-corrected chi connectivity index (χ0v) is 14.4. The van der Waals surface area contributed by atoms with E-state index in [4.69, 9.17) is 5.73 Å². The van der Waals surface area contributed by atoms with Crippen molar-refractivity contribution in [3.8, 4) is 10.4 Å². The molecule has 0 saturated heterocycles. The third-order valence-electron chi connectivity index (χ3n) is 3.74. The van der Waals surface area contributed by atoms with E-state index in [0.29, 0.717) is 6.54 Å². The molecule has 23 heavy (non-hydrogen) atoms. The number of primary amides is 1. The van der Waals surface area contributed by atoms with Crippen LogP contribution in [0.15, 0.2) is 41.8 Å². The van der Waals surface area contributed by atoms with E-state index in [1.807, 2.05) is 0 Å². The number of hydrogen-bond acceptors (Lipinski definition) is 4. The molecular weight excluding hydrogens is 308 g/mol. The van der Waals surface area contributed by atoms with Crippen LogP contribution < -0.4 is 11.1 Å². The van der Waals surface area contributed by atoms with Crippen molar-refractivity contribution in [2.24, 2.45) is 5.73 Å². The molecule has 1 amide bonds. The van der Waals surface area contributed by atoms with Gasteiger partial charge in [0.1, 0.15) is 6.04 Å². The van der Waals surface area contributed by atoms with Gasteiger partial charge in [0.2, 0.25) is 5.91 Å². The fourth-order valence-corrected chi connectivity index (χ4v) is 3.25. The molecule has 5 heteroatoms. The van der Waals surface area contributed by atoms with Crippen LogP contribution in [-0.2, 0) is 11.2 Å². The summed E-state index contributed by atoms with van der Waals surface area (Å²) >= 11 is 1.73. The fourth-order valence-electron chi connectivity index (χ4n) is 2.52. The summed E-state index contributed by atoms with van der Waals surface area (Å²) in [6.45, 7) is 3.79. The highest BCUT2D eigenvalue weighted by Crippen LogP contribution is 2.24. The molecule has 0 unspecified atom stereocenters. The minimum absolute atomic E-state index is 0.530. The van der Waals surface area contributed by atoms with Crippen molar-refractivity contribution in [3.05, 3.63) is 47.3 Å². The zero-order chi connectivity index (χ0) is 16.9. The molecule has 4 nitrogen and oxygen atoms in total. The summed E-state index contributed by atoms with van der Waals surface area (Å²) in [5.74, 6) is -0.530. The van der Waals surface area contributed by atoms with Gasteiger partial charge in [-0.15, -0.1) is 11.3 Å². The summed E-state index contributed by atoms with van der Waals surface area (Å²) in [7, 11) is 0. The van der Waals surface area contributed by atoms with E-state index in [2.05, 4.69) is 47.1 Å². The number of aryl methyl sites for hydroxylation is 1. The molecule has 0 saturated carbocycles. The number of aliphatic hydroxyl groups is 1. The monoisotopic (exact) mass is 332 g/mol. The van der Waals surface area contributed by atoms with E-state index >= 15 is 0 Å². The van der Waals surface area contributed by atoms with Gasteiger partial charge in [0.05, 0.1) is 5.60 Å². The van der Waals surface area contributed by atoms with Crippen molar-refractivity contribution in [2.45, 2.75) is 38.3 Å². The minimum atomic E-state index is -1.16. The van der Waals surface area contributed by atoms with Crippen molar-refractivity contribution in [2.75, 3.05) is 6.54 Å². The molecule has 1 heterocycles. The van der Waals surface area contributed by atoms with Gasteiger partial charge in [0, 0.05) is 4.88 Å². The molecule has 124 valence electrons. The van der Waals surface area contributed by atoms with Crippen LogP contribution in [0.2, 0.25) is 0 Å². The van der Waals surface area contributed by atoms with Crippen LogP contribution >= 0.6 is 11.3 Å². The molecule has 4 N–H and O–H groups in total. The standard InChI is InChI=1S/C18H24N2O2S/c1-18(2,22)16(17(19)21)20-11-3-5-13-7-9-14(10-8-13)15-6-4-12-23-15/h4,6-10,12,16,20,22H,3,5,11H2,1-2H3,(H2,19,21)/t16-/m1/s1. The van der Waals surface area contributed by atoms with Crippen molar-refractivity contribution < 1.29 is 9.90 Å². The largest absolute Gasteiger partial charge is 0.388 e. The van der Waals surface area contributed by atoms with Gasteiger partial charge in [0.25, 0.3) is 0 Å². The number of hydrogen-bond donors (Lipinski definition) is 3. The predicted octanol–water partition coefficient (Wildman–Crippen LogP) is 2.56. The average molecular weight is 332 g/mol. The molecule has 1 aromatic carbocycles. The molecule has 1 aromatic heterocycles. The number of nitrogens with two attached hydrogens (primary N) is 1. The third kappa shape index (κ3) is 5.16. The molecule has 0 fully saturated rings. The zero-order valence-electron chi connectivity index (χ0n) is 13.6. The average Bonchev–Trinajstić information content (AvgIpc) is 3.00. The summed E-state index contributed by atoms with van der Waals surface area (Å²) in [5.41, 5.74) is 6.65. The normalized spacial score (nSPS) is 13.0. The van der Waals surface area contributed by atoms with E-state index in [9.17, 15) is 9.90 Å². The summed E-state index contributed by atoms with van der Waals surface area (Å²) < 4.78 is 0. The lowest BCUT2D eigenvalue weighted by Crippen LogP contribution is -2.55. The van der Waals surface area contributed by atoms with Crippen LogP contribution in [-0.4, -0.2) is 29.2 Å². The number of rotatable bonds is 8. The van der Waals surface area contributed by atoms with Crippen LogP contribution in [0, 0.1) is 0 Å². The Bertz CT molecular complexity index is 615. The Kier molecular flexibility index (Phi) is 5.93. The van der Waals surface area contributed by atoms with Crippen LogP contribution in [0.25, 0.3) is 10.4 Å². The number of thiophene rings is 1. The summed E-state index contributed by atoms with van der Waals surface area (Å²) in [4.78, 5) is 12.6. The maximum Gasteiger partial charge on any atom is 0.237 e. The second-order valence-corrected chi connectivity index (χ2v) is 7.17. The molecule has 2 aromatic rings. The highest BCUT2D eigenvalue weighted by Gasteiger charge is 2.30. The molecule has 0 aliphatic carbocycles. The SMILES string of the molecule is CC(C)(O)[C@H](NCCCc1ccc(-c2cccs2)cc1)C(N)=O. The maximum absolute atomic E-state index is 11.4. The van der Waals surface area contributed by atoms with E-state index < -0.39 is 17.6 Å². The highest BCUT2D eigenvalue weighted by molar-refractivity contribution is 7.13. The lowest BCUT2D eigenvalue weighted by atomic mass is 9.98. The Morgan fingerprint density at radius 3 is 2.52 bits per heavy atom. The van der Waals surface area contributed by atoms with E-state index in [0.717, 1.165) is 12.8 Å². The number of nitrogens with one attached hydrogen (secondary N) is 1. The first-order chi connectivity index (χ1) is 10.9. The number of amides is 1. The van der Waals surface area contributed by atoms with Gasteiger partial charge in [-0.2, -0.15) is 0 Å². The lowest BCUT2D eigenvalue weighted by Gasteiger charge is -2.27. The van der Waals surface area contributed by atoms with Gasteiger partial charge in [0.15, 0.2) is 0 Å². The van der Waals surface area contributed by atoms with Crippen LogP contribution in [0.5, 0.6) is 0 Å². The quantitative estimate of drug-likeness (QED) is 0.650. The summed E-state index contributed by atoms with van der Waals surface area (Å²) in [6, 6.07) is 12.0. The number of carbonyl (C=O) groups excluding carboxylic acids is 1. The molecule has 0 aliphatic heterocycles. The Morgan fingerprint density at radius 2 is 2.00 bits per heavy atom. The van der Waals surface area contributed by atoms with Gasteiger partial charge < -0.3 is 16.2 Å². The predicted molar refractivity (Wildman–Crippen MR) is 95.4 cm³/mol. The molecule has 0 radical (unpaired) electrons. The number of benzene rings is 1. The van der Waals surface area contributed by atoms with Gasteiger partial charge >= 0.3 is 0 Å². The van der Waals surface area contributed by atoms with Gasteiger partial charge in [-0.25, -0.2) is 0 Å². The smallest absolute Gasteiger partial charge is 0.237 e. The van der Waals surface area contributed by atoms with E-state index in [1.165, 1.54) is 16.0 Å². The lowest BCUT2D eigenvalue weighted by molar-refractivity contribution is -0.125. The Morgan fingerprint density at radius 1 is 1.30 bits per heavy atom. The summed E-state index contributed by atoms with van der Waals surface area (Å²) in [6.07, 6.45) is 1.78. The molecule has 1 atom stereocenters. The molecule has 0 aliphatic rings. The van der Waals surface area contributed by atoms with Crippen LogP contribution in [0.4, 0.5) is 0 Å². The topological polar surface area (TPSA) is 75.3 Å². The number of carbonyl (C=O) groups is 1. The maximum atomic E-state index is 11.4. The Labute approximate surface area is 141 Å². The van der Waals surface area contributed by atoms with Crippen LogP contribution in [0.1, 0.15) is 25.8 Å². The van der Waals surface area contributed by atoms with E-state index in [-0.39, 0.29) is 0 Å². The van der Waals surface area contributed by atoms with Gasteiger partial charge in [-0.05, 0) is 55.8 Å². The molecule has 2 rings (SSSR count). The van der Waals surface area contributed by atoms with Gasteiger partial charge in [-0.3, -0.25) is 4.79 Å². The van der Waals surface area contributed by atoms with Crippen molar-refractivity contribution in [1.82, 2.24) is 5.32 Å². The first-order valence-corrected chi connectivity index (χ1v) is 8.64.